The standard InChI is InChI=1S/C24H32N4O4S.C8H16N4O2S/c1-26(2)15-5-16-27-17-14-24(25-27)33(29,30)28(18-20-6-10-22(31-3)11-7-20)19-21-8-12-23(32-4)13-9-21;1-11(2)5-3-6-12-7-4-8(10-12)15(9,13)14/h6-14,17H,5,15-16,18-19H2,1-4H3;4,7H,3,5-6H2,1-2H3,(H2,9,13,14). The number of nitrogens with zero attached hydrogens (tertiary/aromatic N) is 7. The minimum atomic E-state index is -3.82. The molecule has 0 spiro atoms. The summed E-state index contributed by atoms with van der Waals surface area (Å²) in [4.78, 5) is 4.15. The summed E-state index contributed by atoms with van der Waals surface area (Å²) in [5.41, 5.74) is 1.72. The number of nitrogens with two attached hydrogens (primary N) is 1. The topological polar surface area (TPSA) is 158 Å². The number of primary sulfonamides is 1. The van der Waals surface area contributed by atoms with E-state index in [1.54, 1.807) is 42.0 Å². The van der Waals surface area contributed by atoms with E-state index in [1.165, 1.54) is 10.4 Å². The van der Waals surface area contributed by atoms with Gasteiger partial charge in [0, 0.05) is 38.6 Å². The van der Waals surface area contributed by atoms with Crippen LogP contribution >= 0.6 is 0 Å². The van der Waals surface area contributed by atoms with Crippen LogP contribution in [-0.4, -0.2) is 106 Å². The van der Waals surface area contributed by atoms with Gasteiger partial charge in [0.2, 0.25) is 0 Å². The molecule has 4 rings (SSSR count). The maximum absolute atomic E-state index is 13.6. The fourth-order valence-electron chi connectivity index (χ4n) is 4.55. The maximum atomic E-state index is 13.6. The number of hydrogen-bond acceptors (Lipinski definition) is 10. The maximum Gasteiger partial charge on any atom is 0.262 e. The van der Waals surface area contributed by atoms with Gasteiger partial charge < -0.3 is 19.3 Å². The fourth-order valence-corrected chi connectivity index (χ4v) is 6.36. The Morgan fingerprint density at radius 2 is 1.04 bits per heavy atom. The van der Waals surface area contributed by atoms with Crippen molar-refractivity contribution in [2.45, 2.75) is 49.1 Å². The molecule has 0 radical (unpaired) electrons. The van der Waals surface area contributed by atoms with Gasteiger partial charge in [0.1, 0.15) is 11.5 Å². The van der Waals surface area contributed by atoms with Gasteiger partial charge in [-0.2, -0.15) is 14.5 Å². The summed E-state index contributed by atoms with van der Waals surface area (Å²) in [7, 11) is 3.70. The predicted molar refractivity (Wildman–Crippen MR) is 185 cm³/mol. The van der Waals surface area contributed by atoms with Crippen LogP contribution in [0.4, 0.5) is 0 Å². The van der Waals surface area contributed by atoms with Gasteiger partial charge >= 0.3 is 0 Å². The molecule has 14 nitrogen and oxygen atoms in total. The van der Waals surface area contributed by atoms with Crippen molar-refractivity contribution in [3.05, 3.63) is 84.2 Å². The van der Waals surface area contributed by atoms with Crippen molar-refractivity contribution in [3.8, 4) is 11.5 Å². The fraction of sp³-hybridized carbons (Fsp3) is 0.438. The quantitative estimate of drug-likeness (QED) is 0.173. The Morgan fingerprint density at radius 1 is 0.646 bits per heavy atom. The first kappa shape index (κ1) is 38.6. The second-order valence-corrected chi connectivity index (χ2v) is 15.1. The number of benzene rings is 2. The van der Waals surface area contributed by atoms with E-state index in [4.69, 9.17) is 14.6 Å². The van der Waals surface area contributed by atoms with Gasteiger partial charge in [-0.1, -0.05) is 24.3 Å². The Kier molecular flexibility index (Phi) is 14.6. The molecule has 2 aromatic heterocycles. The van der Waals surface area contributed by atoms with Crippen molar-refractivity contribution in [3.63, 3.8) is 0 Å². The number of methoxy groups -OCH3 is 2. The number of rotatable bonds is 17. The average molecular weight is 705 g/mol. The third-order valence-electron chi connectivity index (χ3n) is 7.15. The zero-order valence-corrected chi connectivity index (χ0v) is 30.2. The number of hydrogen-bond donors (Lipinski definition) is 1. The zero-order valence-electron chi connectivity index (χ0n) is 28.6. The molecule has 16 heteroatoms. The first-order valence-electron chi connectivity index (χ1n) is 15.4. The van der Waals surface area contributed by atoms with Crippen LogP contribution in [0.5, 0.6) is 11.5 Å². The van der Waals surface area contributed by atoms with Gasteiger partial charge in [0.05, 0.1) is 14.2 Å². The van der Waals surface area contributed by atoms with E-state index in [1.807, 2.05) is 76.7 Å². The minimum Gasteiger partial charge on any atom is -0.497 e. The molecule has 0 bridgehead atoms. The van der Waals surface area contributed by atoms with E-state index in [-0.39, 0.29) is 23.1 Å². The van der Waals surface area contributed by atoms with Gasteiger partial charge in [0.15, 0.2) is 10.1 Å². The van der Waals surface area contributed by atoms with Crippen LogP contribution in [0.25, 0.3) is 0 Å². The molecule has 2 N–H and O–H groups in total. The lowest BCUT2D eigenvalue weighted by Crippen LogP contribution is -2.30. The highest BCUT2D eigenvalue weighted by Crippen LogP contribution is 2.22. The first-order valence-corrected chi connectivity index (χ1v) is 18.3. The summed E-state index contributed by atoms with van der Waals surface area (Å²) < 4.78 is 64.2. The van der Waals surface area contributed by atoms with Crippen molar-refractivity contribution >= 4 is 20.0 Å². The van der Waals surface area contributed by atoms with Gasteiger partial charge in [-0.3, -0.25) is 9.36 Å². The molecule has 0 saturated carbocycles. The Hall–Kier alpha value is -3.80. The molecule has 48 heavy (non-hydrogen) atoms. The first-order chi connectivity index (χ1) is 22.7. The van der Waals surface area contributed by atoms with E-state index in [0.29, 0.717) is 13.1 Å². The lowest BCUT2D eigenvalue weighted by molar-refractivity contribution is 0.377. The molecule has 0 aliphatic heterocycles. The monoisotopic (exact) mass is 704 g/mol. The van der Waals surface area contributed by atoms with Crippen LogP contribution < -0.4 is 14.6 Å². The van der Waals surface area contributed by atoms with Gasteiger partial charge in [-0.25, -0.2) is 22.0 Å². The van der Waals surface area contributed by atoms with Crippen molar-refractivity contribution in [2.24, 2.45) is 5.14 Å². The molecule has 0 aliphatic carbocycles. The van der Waals surface area contributed by atoms with Crippen molar-refractivity contribution < 1.29 is 26.3 Å². The van der Waals surface area contributed by atoms with E-state index in [0.717, 1.165) is 48.6 Å². The van der Waals surface area contributed by atoms with Crippen LogP contribution in [0, 0.1) is 0 Å². The van der Waals surface area contributed by atoms with Crippen LogP contribution in [0.15, 0.2) is 83.1 Å². The van der Waals surface area contributed by atoms with Gasteiger partial charge in [-0.05, 0) is 102 Å². The molecular formula is C32H48N8O6S2. The molecule has 264 valence electrons. The molecule has 0 atom stereocenters. The Bertz CT molecular complexity index is 1700. The largest absolute Gasteiger partial charge is 0.497 e. The molecule has 0 unspecified atom stereocenters. The van der Waals surface area contributed by atoms with Crippen molar-refractivity contribution in [1.29, 1.82) is 0 Å². The summed E-state index contributed by atoms with van der Waals surface area (Å²) in [6.07, 6.45) is 5.14. The number of sulfonamides is 2. The molecule has 2 heterocycles. The highest BCUT2D eigenvalue weighted by Gasteiger charge is 2.27. The molecule has 4 aromatic rings. The van der Waals surface area contributed by atoms with Crippen LogP contribution in [0.1, 0.15) is 24.0 Å². The second kappa shape index (κ2) is 18.1. The molecule has 0 amide bonds. The molecular weight excluding hydrogens is 657 g/mol. The van der Waals surface area contributed by atoms with Crippen molar-refractivity contribution in [1.82, 2.24) is 33.7 Å². The van der Waals surface area contributed by atoms with Crippen LogP contribution in [0.3, 0.4) is 0 Å². The SMILES string of the molecule is CN(C)CCCn1ccc(S(N)(=O)=O)n1.COc1ccc(CN(Cc2ccc(OC)cc2)S(=O)(=O)c2ccn(CCCN(C)C)n2)cc1. The third kappa shape index (κ3) is 12.3. The molecule has 2 aromatic carbocycles. The Balaban J connectivity index is 0.000000348. The molecule has 0 aliphatic rings. The summed E-state index contributed by atoms with van der Waals surface area (Å²) in [5.74, 6) is 1.44. The van der Waals surface area contributed by atoms with Gasteiger partial charge in [0.25, 0.3) is 20.0 Å². The van der Waals surface area contributed by atoms with E-state index in [2.05, 4.69) is 20.0 Å². The second-order valence-electron chi connectivity index (χ2n) is 11.7. The summed E-state index contributed by atoms with van der Waals surface area (Å²) >= 11 is 0. The van der Waals surface area contributed by atoms with Crippen LogP contribution in [-0.2, 0) is 46.2 Å². The van der Waals surface area contributed by atoms with Crippen molar-refractivity contribution in [2.75, 3.05) is 55.5 Å². The normalized spacial score (nSPS) is 12.0. The minimum absolute atomic E-state index is 0.0503. The van der Waals surface area contributed by atoms with Crippen LogP contribution in [0.2, 0.25) is 0 Å². The summed E-state index contributed by atoms with van der Waals surface area (Å²) in [5, 5.41) is 13.1. The highest BCUT2D eigenvalue weighted by atomic mass is 32.2. The van der Waals surface area contributed by atoms with E-state index >= 15 is 0 Å². The Morgan fingerprint density at radius 3 is 1.40 bits per heavy atom. The zero-order chi connectivity index (χ0) is 35.3. The Labute approximate surface area is 284 Å². The molecule has 0 fully saturated rings. The predicted octanol–water partition coefficient (Wildman–Crippen LogP) is 2.73. The average Bonchev–Trinajstić information content (AvgIpc) is 3.72. The summed E-state index contributed by atoms with van der Waals surface area (Å²) in [6.45, 7) is 3.61. The number of aryl methyl sites for hydroxylation is 2. The van der Waals surface area contributed by atoms with E-state index in [9.17, 15) is 16.8 Å². The highest BCUT2D eigenvalue weighted by molar-refractivity contribution is 7.89. The third-order valence-corrected chi connectivity index (χ3v) is 9.63. The van der Waals surface area contributed by atoms with E-state index < -0.39 is 20.0 Å². The lowest BCUT2D eigenvalue weighted by Gasteiger charge is -2.21. The molecule has 0 saturated heterocycles. The lowest BCUT2D eigenvalue weighted by atomic mass is 10.2. The van der Waals surface area contributed by atoms with Gasteiger partial charge in [-0.15, -0.1) is 0 Å². The summed E-state index contributed by atoms with van der Waals surface area (Å²) in [6, 6.07) is 17.8. The smallest absolute Gasteiger partial charge is 0.262 e. The number of aromatic nitrogens is 4. The number of ether oxygens (including phenoxy) is 2.